The molecule has 0 aliphatic heterocycles. The van der Waals surface area contributed by atoms with Crippen LogP contribution in [0.15, 0.2) is 54.6 Å². The van der Waals surface area contributed by atoms with Crippen LogP contribution in [-0.4, -0.2) is 4.98 Å². The van der Waals surface area contributed by atoms with E-state index in [1.807, 2.05) is 30.3 Å². The number of hydrogen-bond acceptors (Lipinski definition) is 2. The van der Waals surface area contributed by atoms with Crippen molar-refractivity contribution in [3.8, 4) is 17.3 Å². The molecule has 0 aliphatic carbocycles. The first-order chi connectivity index (χ1) is 9.28. The molecule has 0 aliphatic rings. The van der Waals surface area contributed by atoms with Crippen LogP contribution in [0.3, 0.4) is 0 Å². The first kappa shape index (κ1) is 11.4. The topological polar surface area (TPSA) is 36.7 Å². The van der Waals surface area contributed by atoms with Crippen molar-refractivity contribution in [3.05, 3.63) is 66.0 Å². The quantitative estimate of drug-likeness (QED) is 0.654. The zero-order valence-corrected chi connectivity index (χ0v) is 9.97. The summed E-state index contributed by atoms with van der Waals surface area (Å²) in [5.74, 6) is -0.363. The maximum atomic E-state index is 13.2. The maximum Gasteiger partial charge on any atom is 0.124 e. The average molecular weight is 248 g/mol. The minimum Gasteiger partial charge on any atom is -0.248 e. The predicted octanol–water partition coefficient (Wildman–Crippen LogP) is 3.91. The summed E-state index contributed by atoms with van der Waals surface area (Å²) < 4.78 is 13.2. The molecule has 1 heterocycles. The Hall–Kier alpha value is -2.73. The number of fused-ring (bicyclic) bond motifs is 1. The van der Waals surface area contributed by atoms with Gasteiger partial charge < -0.3 is 0 Å². The molecule has 0 amide bonds. The third-order valence-corrected chi connectivity index (χ3v) is 2.96. The van der Waals surface area contributed by atoms with Crippen LogP contribution in [0.1, 0.15) is 5.56 Å². The van der Waals surface area contributed by atoms with Gasteiger partial charge in [0.1, 0.15) is 5.82 Å². The second kappa shape index (κ2) is 4.51. The molecule has 0 saturated carbocycles. The number of rotatable bonds is 1. The SMILES string of the molecule is N#Cc1cc(-c2ccccc2)nc2ccc(F)cc12. The molecule has 19 heavy (non-hydrogen) atoms. The lowest BCUT2D eigenvalue weighted by Gasteiger charge is -2.05. The Kier molecular flexibility index (Phi) is 2.70. The highest BCUT2D eigenvalue weighted by atomic mass is 19.1. The molecule has 2 nitrogen and oxygen atoms in total. The first-order valence-corrected chi connectivity index (χ1v) is 5.84. The summed E-state index contributed by atoms with van der Waals surface area (Å²) in [6.07, 6.45) is 0. The molecule has 0 bridgehead atoms. The highest BCUT2D eigenvalue weighted by molar-refractivity contribution is 5.87. The normalized spacial score (nSPS) is 10.3. The highest BCUT2D eigenvalue weighted by Gasteiger charge is 2.08. The molecule has 3 rings (SSSR count). The van der Waals surface area contributed by atoms with Gasteiger partial charge in [0.2, 0.25) is 0 Å². The predicted molar refractivity (Wildman–Crippen MR) is 71.9 cm³/mol. The van der Waals surface area contributed by atoms with Crippen LogP contribution >= 0.6 is 0 Å². The smallest absolute Gasteiger partial charge is 0.124 e. The van der Waals surface area contributed by atoms with Gasteiger partial charge in [-0.3, -0.25) is 0 Å². The van der Waals surface area contributed by atoms with Crippen LogP contribution in [0.2, 0.25) is 0 Å². The number of pyridine rings is 1. The maximum absolute atomic E-state index is 13.2. The van der Waals surface area contributed by atoms with Crippen LogP contribution in [0, 0.1) is 17.1 Å². The number of benzene rings is 2. The zero-order chi connectivity index (χ0) is 13.2. The van der Waals surface area contributed by atoms with E-state index in [2.05, 4.69) is 11.1 Å². The molecule has 0 saturated heterocycles. The van der Waals surface area contributed by atoms with Crippen LogP contribution in [0.25, 0.3) is 22.2 Å². The van der Waals surface area contributed by atoms with Crippen LogP contribution in [-0.2, 0) is 0 Å². The molecular formula is C16H9FN2. The summed E-state index contributed by atoms with van der Waals surface area (Å²) in [6.45, 7) is 0. The molecule has 3 heteroatoms. The molecule has 3 aromatic rings. The number of hydrogen-bond donors (Lipinski definition) is 0. The third kappa shape index (κ3) is 2.04. The highest BCUT2D eigenvalue weighted by Crippen LogP contribution is 2.24. The lowest BCUT2D eigenvalue weighted by Crippen LogP contribution is -1.90. The second-order valence-corrected chi connectivity index (χ2v) is 4.19. The Morgan fingerprint density at radius 2 is 1.79 bits per heavy atom. The van der Waals surface area contributed by atoms with Gasteiger partial charge in [-0.1, -0.05) is 30.3 Å². The van der Waals surface area contributed by atoms with Gasteiger partial charge in [-0.05, 0) is 24.3 Å². The van der Waals surface area contributed by atoms with Gasteiger partial charge in [-0.25, -0.2) is 9.37 Å². The van der Waals surface area contributed by atoms with Crippen molar-refractivity contribution in [2.24, 2.45) is 0 Å². The minimum atomic E-state index is -0.363. The van der Waals surface area contributed by atoms with Crippen LogP contribution in [0.4, 0.5) is 4.39 Å². The molecular weight excluding hydrogens is 239 g/mol. The number of aromatic nitrogens is 1. The van der Waals surface area contributed by atoms with Crippen molar-refractivity contribution in [1.82, 2.24) is 4.98 Å². The van der Waals surface area contributed by atoms with Crippen molar-refractivity contribution >= 4 is 10.9 Å². The Morgan fingerprint density at radius 3 is 2.53 bits per heavy atom. The summed E-state index contributed by atoms with van der Waals surface area (Å²) in [5.41, 5.74) is 2.71. The second-order valence-electron chi connectivity index (χ2n) is 4.19. The van der Waals surface area contributed by atoms with E-state index < -0.39 is 0 Å². The fraction of sp³-hybridized carbons (Fsp3) is 0. The van der Waals surface area contributed by atoms with Gasteiger partial charge in [-0.15, -0.1) is 0 Å². The van der Waals surface area contributed by atoms with Crippen molar-refractivity contribution in [2.75, 3.05) is 0 Å². The largest absolute Gasteiger partial charge is 0.248 e. The standard InChI is InChI=1S/C16H9FN2/c17-13-6-7-15-14(9-13)12(10-18)8-16(19-15)11-4-2-1-3-5-11/h1-9H. The van der Waals surface area contributed by atoms with Gasteiger partial charge in [0.25, 0.3) is 0 Å². The Labute approximate surface area is 109 Å². The van der Waals surface area contributed by atoms with E-state index in [0.717, 1.165) is 11.3 Å². The van der Waals surface area contributed by atoms with Crippen molar-refractivity contribution < 1.29 is 4.39 Å². The minimum absolute atomic E-state index is 0.363. The molecule has 0 radical (unpaired) electrons. The summed E-state index contributed by atoms with van der Waals surface area (Å²) in [4.78, 5) is 4.48. The monoisotopic (exact) mass is 248 g/mol. The Balaban J connectivity index is 2.30. The van der Waals surface area contributed by atoms with Crippen molar-refractivity contribution in [3.63, 3.8) is 0 Å². The number of nitriles is 1. The molecule has 0 spiro atoms. The van der Waals surface area contributed by atoms with Gasteiger partial charge >= 0.3 is 0 Å². The summed E-state index contributed by atoms with van der Waals surface area (Å²) in [7, 11) is 0. The first-order valence-electron chi connectivity index (χ1n) is 5.84. The third-order valence-electron chi connectivity index (χ3n) is 2.96. The van der Waals surface area contributed by atoms with E-state index >= 15 is 0 Å². The molecule has 1 aromatic heterocycles. The Morgan fingerprint density at radius 1 is 1.00 bits per heavy atom. The molecule has 90 valence electrons. The average Bonchev–Trinajstić information content (AvgIpc) is 2.47. The fourth-order valence-electron chi connectivity index (χ4n) is 2.05. The molecule has 0 fully saturated rings. The Bertz CT molecular complexity index is 789. The van der Waals surface area contributed by atoms with Gasteiger partial charge in [0.15, 0.2) is 0 Å². The molecule has 0 atom stereocenters. The van der Waals surface area contributed by atoms with E-state index in [0.29, 0.717) is 16.5 Å². The molecule has 0 N–H and O–H groups in total. The van der Waals surface area contributed by atoms with E-state index in [9.17, 15) is 9.65 Å². The lowest BCUT2D eigenvalue weighted by atomic mass is 10.0. The summed E-state index contributed by atoms with van der Waals surface area (Å²) >= 11 is 0. The van der Waals surface area contributed by atoms with Crippen molar-refractivity contribution in [1.29, 1.82) is 5.26 Å². The van der Waals surface area contributed by atoms with Gasteiger partial charge in [-0.2, -0.15) is 5.26 Å². The molecule has 2 aromatic carbocycles. The lowest BCUT2D eigenvalue weighted by molar-refractivity contribution is 0.629. The van der Waals surface area contributed by atoms with E-state index in [4.69, 9.17) is 0 Å². The summed E-state index contributed by atoms with van der Waals surface area (Å²) in [6, 6.07) is 17.7. The molecule has 0 unspecified atom stereocenters. The van der Waals surface area contributed by atoms with E-state index in [1.165, 1.54) is 12.1 Å². The number of halogens is 1. The van der Waals surface area contributed by atoms with Gasteiger partial charge in [0, 0.05) is 10.9 Å². The van der Waals surface area contributed by atoms with E-state index in [1.54, 1.807) is 12.1 Å². The van der Waals surface area contributed by atoms with Crippen LogP contribution in [0.5, 0.6) is 0 Å². The number of nitrogens with zero attached hydrogens (tertiary/aromatic N) is 2. The van der Waals surface area contributed by atoms with E-state index in [-0.39, 0.29) is 5.82 Å². The van der Waals surface area contributed by atoms with Gasteiger partial charge in [0.05, 0.1) is 22.8 Å². The van der Waals surface area contributed by atoms with Crippen LogP contribution < -0.4 is 0 Å². The zero-order valence-electron chi connectivity index (χ0n) is 9.97. The summed E-state index contributed by atoms with van der Waals surface area (Å²) in [5, 5.41) is 9.74. The fourth-order valence-corrected chi connectivity index (χ4v) is 2.05. The van der Waals surface area contributed by atoms with Crippen molar-refractivity contribution in [2.45, 2.75) is 0 Å².